The van der Waals surface area contributed by atoms with Gasteiger partial charge in [-0.15, -0.1) is 10.2 Å². The largest absolute Gasteiger partial charge is 0.497 e. The quantitative estimate of drug-likeness (QED) is 0.541. The maximum Gasteiger partial charge on any atom is 0.262 e. The highest BCUT2D eigenvalue weighted by molar-refractivity contribution is 7.15. The SMILES string of the molecule is COc1ccc(N2CC(c3nnc(NC(=O)CN4C(=O)c5ccccc5C4=O)s3)CC2=O)cc1. The van der Waals surface area contributed by atoms with Gasteiger partial charge in [-0.1, -0.05) is 23.5 Å². The van der Waals surface area contributed by atoms with Crippen LogP contribution in [-0.4, -0.2) is 58.9 Å². The molecule has 2 aliphatic heterocycles. The van der Waals surface area contributed by atoms with Crippen LogP contribution in [0.15, 0.2) is 48.5 Å². The summed E-state index contributed by atoms with van der Waals surface area (Å²) in [7, 11) is 1.58. The number of carbonyl (C=O) groups is 4. The second-order valence-corrected chi connectivity index (χ2v) is 8.85. The lowest BCUT2D eigenvalue weighted by molar-refractivity contribution is -0.117. The average molecular weight is 478 g/mol. The first kappa shape index (κ1) is 21.7. The normalized spacial score (nSPS) is 17.3. The van der Waals surface area contributed by atoms with Crippen molar-refractivity contribution in [1.82, 2.24) is 15.1 Å². The number of ether oxygens (including phenoxy) is 1. The molecule has 3 heterocycles. The Hall–Kier alpha value is -4.12. The molecule has 1 N–H and O–H groups in total. The third-order valence-corrected chi connectivity index (χ3v) is 6.73. The first-order valence-corrected chi connectivity index (χ1v) is 11.3. The molecule has 0 aliphatic carbocycles. The van der Waals surface area contributed by atoms with Crippen LogP contribution >= 0.6 is 11.3 Å². The van der Waals surface area contributed by atoms with Crippen LogP contribution in [-0.2, 0) is 9.59 Å². The second-order valence-electron chi connectivity index (χ2n) is 7.84. The number of nitrogens with zero attached hydrogens (tertiary/aromatic N) is 4. The van der Waals surface area contributed by atoms with E-state index in [0.29, 0.717) is 17.3 Å². The smallest absolute Gasteiger partial charge is 0.262 e. The zero-order chi connectivity index (χ0) is 23.8. The first-order chi connectivity index (χ1) is 16.4. The van der Waals surface area contributed by atoms with Gasteiger partial charge in [0.15, 0.2) is 0 Å². The Bertz CT molecular complexity index is 1270. The van der Waals surface area contributed by atoms with Crippen LogP contribution < -0.4 is 15.0 Å². The van der Waals surface area contributed by atoms with Crippen LogP contribution in [0.25, 0.3) is 0 Å². The number of benzene rings is 2. The summed E-state index contributed by atoms with van der Waals surface area (Å²) in [5.74, 6) is -1.04. The number of amides is 4. The van der Waals surface area contributed by atoms with Crippen LogP contribution in [0.2, 0.25) is 0 Å². The van der Waals surface area contributed by atoms with Crippen molar-refractivity contribution in [2.24, 2.45) is 0 Å². The van der Waals surface area contributed by atoms with Gasteiger partial charge < -0.3 is 9.64 Å². The Morgan fingerprint density at radius 1 is 1.06 bits per heavy atom. The second kappa shape index (κ2) is 8.67. The van der Waals surface area contributed by atoms with Crippen molar-refractivity contribution in [3.8, 4) is 5.75 Å². The number of aromatic nitrogens is 2. The third-order valence-electron chi connectivity index (χ3n) is 5.73. The molecule has 11 heteroatoms. The molecule has 2 aromatic carbocycles. The molecule has 34 heavy (non-hydrogen) atoms. The third kappa shape index (κ3) is 3.90. The molecular formula is C23H19N5O5S. The number of rotatable bonds is 6. The summed E-state index contributed by atoms with van der Waals surface area (Å²) >= 11 is 1.17. The molecule has 4 amide bonds. The number of nitrogens with one attached hydrogen (secondary N) is 1. The van der Waals surface area contributed by atoms with Gasteiger partial charge in [0.2, 0.25) is 16.9 Å². The lowest BCUT2D eigenvalue weighted by atomic mass is 10.1. The molecule has 10 nitrogen and oxygen atoms in total. The highest BCUT2D eigenvalue weighted by atomic mass is 32.1. The fraction of sp³-hybridized carbons (Fsp3) is 0.217. The van der Waals surface area contributed by atoms with Gasteiger partial charge in [0.1, 0.15) is 17.3 Å². The van der Waals surface area contributed by atoms with Crippen molar-refractivity contribution in [2.75, 3.05) is 30.4 Å². The lowest BCUT2D eigenvalue weighted by Crippen LogP contribution is -2.37. The van der Waals surface area contributed by atoms with Crippen LogP contribution in [0.3, 0.4) is 0 Å². The number of carbonyl (C=O) groups excluding carboxylic acids is 4. The van der Waals surface area contributed by atoms with Crippen LogP contribution in [0, 0.1) is 0 Å². The lowest BCUT2D eigenvalue weighted by Gasteiger charge is -2.16. The Balaban J connectivity index is 1.21. The van der Waals surface area contributed by atoms with Crippen LogP contribution in [0.1, 0.15) is 38.1 Å². The number of imide groups is 1. The average Bonchev–Trinajstić information content (AvgIpc) is 3.53. The van der Waals surface area contributed by atoms with Gasteiger partial charge >= 0.3 is 0 Å². The minimum Gasteiger partial charge on any atom is -0.497 e. The molecule has 172 valence electrons. The maximum atomic E-state index is 12.6. The summed E-state index contributed by atoms with van der Waals surface area (Å²) in [6.45, 7) is 0.0250. The van der Waals surface area contributed by atoms with E-state index in [9.17, 15) is 19.2 Å². The predicted molar refractivity (Wildman–Crippen MR) is 123 cm³/mol. The topological polar surface area (TPSA) is 122 Å². The Kier molecular flexibility index (Phi) is 5.54. The van der Waals surface area contributed by atoms with Crippen molar-refractivity contribution >= 4 is 45.8 Å². The molecule has 1 fully saturated rings. The van der Waals surface area contributed by atoms with E-state index in [1.165, 1.54) is 11.3 Å². The summed E-state index contributed by atoms with van der Waals surface area (Å²) in [6.07, 6.45) is 0.281. The summed E-state index contributed by atoms with van der Waals surface area (Å²) in [5, 5.41) is 11.6. The van der Waals surface area contributed by atoms with Gasteiger partial charge in [0.05, 0.1) is 18.2 Å². The number of methoxy groups -OCH3 is 1. The highest BCUT2D eigenvalue weighted by Crippen LogP contribution is 2.34. The van der Waals surface area contributed by atoms with E-state index in [4.69, 9.17) is 4.74 Å². The van der Waals surface area contributed by atoms with Crippen molar-refractivity contribution in [2.45, 2.75) is 12.3 Å². The molecule has 5 rings (SSSR count). The Morgan fingerprint density at radius 3 is 2.38 bits per heavy atom. The zero-order valence-corrected chi connectivity index (χ0v) is 18.9. The van der Waals surface area contributed by atoms with Gasteiger partial charge in [-0.2, -0.15) is 0 Å². The molecule has 1 saturated heterocycles. The maximum absolute atomic E-state index is 12.6. The van der Waals surface area contributed by atoms with Crippen LogP contribution in [0.4, 0.5) is 10.8 Å². The summed E-state index contributed by atoms with van der Waals surface area (Å²) < 4.78 is 5.16. The Labute approximate surface area is 198 Å². The van der Waals surface area contributed by atoms with E-state index in [-0.39, 0.29) is 34.5 Å². The molecule has 0 spiro atoms. The standard InChI is InChI=1S/C23H19N5O5S/c1-33-15-8-6-14(7-9-15)27-11-13(10-19(27)30)20-25-26-23(34-20)24-18(29)12-28-21(31)16-4-2-3-5-17(16)22(28)32/h2-9,13H,10-12H2,1H3,(H,24,26,29). The van der Waals surface area contributed by atoms with E-state index < -0.39 is 24.3 Å². The van der Waals surface area contributed by atoms with Crippen molar-refractivity contribution in [3.05, 3.63) is 64.7 Å². The van der Waals surface area contributed by atoms with Gasteiger partial charge in [0, 0.05) is 24.6 Å². The van der Waals surface area contributed by atoms with Gasteiger partial charge in [0.25, 0.3) is 11.8 Å². The molecule has 0 bridgehead atoms. The molecule has 0 radical (unpaired) electrons. The van der Waals surface area contributed by atoms with E-state index >= 15 is 0 Å². The van der Waals surface area contributed by atoms with E-state index in [0.717, 1.165) is 10.6 Å². The van der Waals surface area contributed by atoms with Crippen molar-refractivity contribution in [3.63, 3.8) is 0 Å². The van der Waals surface area contributed by atoms with E-state index in [2.05, 4.69) is 15.5 Å². The molecular weight excluding hydrogens is 458 g/mol. The van der Waals surface area contributed by atoms with Gasteiger partial charge in [-0.05, 0) is 36.4 Å². The van der Waals surface area contributed by atoms with Gasteiger partial charge in [-0.3, -0.25) is 29.4 Å². The van der Waals surface area contributed by atoms with Crippen LogP contribution in [0.5, 0.6) is 5.75 Å². The molecule has 1 atom stereocenters. The molecule has 1 aromatic heterocycles. The monoisotopic (exact) mass is 477 g/mol. The molecule has 3 aromatic rings. The first-order valence-electron chi connectivity index (χ1n) is 10.5. The van der Waals surface area contributed by atoms with Crippen molar-refractivity contribution < 1.29 is 23.9 Å². The predicted octanol–water partition coefficient (Wildman–Crippen LogP) is 2.30. The molecule has 1 unspecified atom stereocenters. The molecule has 0 saturated carbocycles. The highest BCUT2D eigenvalue weighted by Gasteiger charge is 2.37. The van der Waals surface area contributed by atoms with E-state index in [1.807, 2.05) is 12.1 Å². The van der Waals surface area contributed by atoms with Gasteiger partial charge in [-0.25, -0.2) is 0 Å². The number of hydrogen-bond acceptors (Lipinski definition) is 8. The summed E-state index contributed by atoms with van der Waals surface area (Å²) in [6, 6.07) is 13.7. The minimum atomic E-state index is -0.556. The van der Waals surface area contributed by atoms with E-state index in [1.54, 1.807) is 48.4 Å². The summed E-state index contributed by atoms with van der Waals surface area (Å²) in [4.78, 5) is 52.5. The zero-order valence-electron chi connectivity index (χ0n) is 18.1. The molecule has 2 aliphatic rings. The fourth-order valence-corrected chi connectivity index (χ4v) is 4.87. The fourth-order valence-electron chi connectivity index (χ4n) is 4.02. The minimum absolute atomic E-state index is 0.0263. The number of fused-ring (bicyclic) bond motifs is 1. The summed E-state index contributed by atoms with van der Waals surface area (Å²) in [5.41, 5.74) is 1.34. The number of anilines is 2. The number of hydrogen-bond donors (Lipinski definition) is 1. The Morgan fingerprint density at radius 2 is 1.74 bits per heavy atom. The van der Waals surface area contributed by atoms with Crippen molar-refractivity contribution in [1.29, 1.82) is 0 Å².